The van der Waals surface area contributed by atoms with Gasteiger partial charge in [0.2, 0.25) is 0 Å². The van der Waals surface area contributed by atoms with E-state index < -0.39 is 0 Å². The molecule has 3 heteroatoms. The third-order valence-corrected chi connectivity index (χ3v) is 2.62. The fraction of sp³-hybridized carbons (Fsp3) is 0.571. The molecule has 1 rings (SSSR count). The van der Waals surface area contributed by atoms with Gasteiger partial charge in [-0.3, -0.25) is 0 Å². The van der Waals surface area contributed by atoms with Crippen molar-refractivity contribution in [1.29, 1.82) is 0 Å². The van der Waals surface area contributed by atoms with Gasteiger partial charge in [-0.15, -0.1) is 0 Å². The van der Waals surface area contributed by atoms with Crippen LogP contribution >= 0.6 is 0 Å². The molecular formula is C14H23NO2. The average molecular weight is 237 g/mol. The van der Waals surface area contributed by atoms with Crippen LogP contribution in [-0.4, -0.2) is 25.9 Å². The van der Waals surface area contributed by atoms with Gasteiger partial charge >= 0.3 is 0 Å². The van der Waals surface area contributed by atoms with Crippen LogP contribution in [0.1, 0.15) is 32.3 Å². The lowest BCUT2D eigenvalue weighted by Gasteiger charge is -2.15. The van der Waals surface area contributed by atoms with Crippen LogP contribution in [0.25, 0.3) is 0 Å². The molecular weight excluding hydrogens is 214 g/mol. The molecule has 0 bridgehead atoms. The fourth-order valence-electron chi connectivity index (χ4n) is 1.56. The summed E-state index contributed by atoms with van der Waals surface area (Å²) in [6.45, 7) is 7.97. The van der Waals surface area contributed by atoms with Crippen molar-refractivity contribution in [2.45, 2.75) is 32.8 Å². The molecule has 2 N–H and O–H groups in total. The van der Waals surface area contributed by atoms with Crippen molar-refractivity contribution >= 4 is 0 Å². The van der Waals surface area contributed by atoms with Crippen LogP contribution < -0.4 is 10.5 Å². The molecule has 0 aromatic heterocycles. The predicted molar refractivity (Wildman–Crippen MR) is 70.5 cm³/mol. The molecule has 0 saturated carbocycles. The molecule has 0 aliphatic rings. The van der Waals surface area contributed by atoms with E-state index >= 15 is 0 Å². The molecule has 0 aliphatic heterocycles. The predicted octanol–water partition coefficient (Wildman–Crippen LogP) is 2.55. The van der Waals surface area contributed by atoms with E-state index in [0.29, 0.717) is 25.7 Å². The third-order valence-electron chi connectivity index (χ3n) is 2.62. The van der Waals surface area contributed by atoms with Crippen molar-refractivity contribution in [3.63, 3.8) is 0 Å². The lowest BCUT2D eigenvalue weighted by molar-refractivity contribution is 0.0494. The number of hydrogen-bond acceptors (Lipinski definition) is 3. The maximum Gasteiger partial charge on any atom is 0.122 e. The molecule has 1 unspecified atom stereocenters. The van der Waals surface area contributed by atoms with Crippen LogP contribution in [0.4, 0.5) is 0 Å². The van der Waals surface area contributed by atoms with Gasteiger partial charge in [-0.05, 0) is 24.5 Å². The molecule has 0 spiro atoms. The lowest BCUT2D eigenvalue weighted by atomic mass is 10.0. The molecule has 1 aromatic carbocycles. The minimum atomic E-state index is 0.0962. The van der Waals surface area contributed by atoms with Gasteiger partial charge in [0.1, 0.15) is 12.4 Å². The van der Waals surface area contributed by atoms with Crippen LogP contribution in [0.5, 0.6) is 5.75 Å². The molecule has 1 atom stereocenters. The van der Waals surface area contributed by atoms with E-state index in [-0.39, 0.29) is 6.10 Å². The standard InChI is InChI=1S/C14H23NO2/c1-11(2)13-6-4-5-7-14(13)17-9-8-16-12(3)10-15/h4-7,11-12H,8-10,15H2,1-3H3. The summed E-state index contributed by atoms with van der Waals surface area (Å²) < 4.78 is 11.2. The molecule has 3 nitrogen and oxygen atoms in total. The van der Waals surface area contributed by atoms with Crippen LogP contribution in [0, 0.1) is 0 Å². The highest BCUT2D eigenvalue weighted by Crippen LogP contribution is 2.25. The summed E-state index contributed by atoms with van der Waals surface area (Å²) in [5, 5.41) is 0. The first-order valence-corrected chi connectivity index (χ1v) is 6.18. The first-order chi connectivity index (χ1) is 8.15. The zero-order valence-corrected chi connectivity index (χ0v) is 11.0. The monoisotopic (exact) mass is 237 g/mol. The number of hydrogen-bond donors (Lipinski definition) is 1. The van der Waals surface area contributed by atoms with E-state index in [1.165, 1.54) is 5.56 Å². The van der Waals surface area contributed by atoms with Crippen molar-refractivity contribution in [3.8, 4) is 5.75 Å². The summed E-state index contributed by atoms with van der Waals surface area (Å²) in [6, 6.07) is 8.13. The number of benzene rings is 1. The Labute approximate surface area is 104 Å². The Bertz CT molecular complexity index is 326. The first kappa shape index (κ1) is 14.0. The number of para-hydroxylation sites is 1. The number of ether oxygens (including phenoxy) is 2. The van der Waals surface area contributed by atoms with Crippen LogP contribution in [0.15, 0.2) is 24.3 Å². The lowest BCUT2D eigenvalue weighted by Crippen LogP contribution is -2.22. The molecule has 0 saturated heterocycles. The van der Waals surface area contributed by atoms with Crippen molar-refractivity contribution in [3.05, 3.63) is 29.8 Å². The van der Waals surface area contributed by atoms with Gasteiger partial charge in [0.05, 0.1) is 12.7 Å². The Kier molecular flexibility index (Phi) is 6.01. The van der Waals surface area contributed by atoms with Crippen molar-refractivity contribution in [2.24, 2.45) is 5.73 Å². The summed E-state index contributed by atoms with van der Waals surface area (Å²) >= 11 is 0. The van der Waals surface area contributed by atoms with Crippen LogP contribution in [-0.2, 0) is 4.74 Å². The highest BCUT2D eigenvalue weighted by Gasteiger charge is 2.06. The molecule has 0 heterocycles. The van der Waals surface area contributed by atoms with Gasteiger partial charge in [-0.1, -0.05) is 32.0 Å². The van der Waals surface area contributed by atoms with E-state index in [1.54, 1.807) is 0 Å². The van der Waals surface area contributed by atoms with Gasteiger partial charge in [0.15, 0.2) is 0 Å². The Morgan fingerprint density at radius 1 is 1.12 bits per heavy atom. The van der Waals surface area contributed by atoms with Crippen molar-refractivity contribution in [1.82, 2.24) is 0 Å². The van der Waals surface area contributed by atoms with E-state index in [0.717, 1.165) is 5.75 Å². The summed E-state index contributed by atoms with van der Waals surface area (Å²) in [7, 11) is 0. The van der Waals surface area contributed by atoms with Gasteiger partial charge < -0.3 is 15.2 Å². The quantitative estimate of drug-likeness (QED) is 0.741. The second-order valence-corrected chi connectivity index (χ2v) is 4.46. The zero-order chi connectivity index (χ0) is 12.7. The molecule has 0 fully saturated rings. The van der Waals surface area contributed by atoms with E-state index in [2.05, 4.69) is 19.9 Å². The normalized spacial score (nSPS) is 12.8. The fourth-order valence-corrected chi connectivity index (χ4v) is 1.56. The summed E-state index contributed by atoms with van der Waals surface area (Å²) in [5.41, 5.74) is 6.70. The Balaban J connectivity index is 2.41. The molecule has 0 aliphatic carbocycles. The Morgan fingerprint density at radius 3 is 2.47 bits per heavy atom. The molecule has 0 amide bonds. The maximum atomic E-state index is 5.73. The molecule has 1 aromatic rings. The van der Waals surface area contributed by atoms with E-state index in [9.17, 15) is 0 Å². The van der Waals surface area contributed by atoms with Crippen molar-refractivity contribution in [2.75, 3.05) is 19.8 Å². The summed E-state index contributed by atoms with van der Waals surface area (Å²) in [5.74, 6) is 1.42. The topological polar surface area (TPSA) is 44.5 Å². The first-order valence-electron chi connectivity index (χ1n) is 6.18. The van der Waals surface area contributed by atoms with Gasteiger partial charge in [0, 0.05) is 6.54 Å². The number of rotatable bonds is 7. The largest absolute Gasteiger partial charge is 0.491 e. The second kappa shape index (κ2) is 7.30. The van der Waals surface area contributed by atoms with Gasteiger partial charge in [-0.2, -0.15) is 0 Å². The SMILES string of the molecule is CC(CN)OCCOc1ccccc1C(C)C. The van der Waals surface area contributed by atoms with Gasteiger partial charge in [-0.25, -0.2) is 0 Å². The Hall–Kier alpha value is -1.06. The smallest absolute Gasteiger partial charge is 0.122 e. The number of nitrogens with two attached hydrogens (primary N) is 1. The summed E-state index contributed by atoms with van der Waals surface area (Å²) in [4.78, 5) is 0. The third kappa shape index (κ3) is 4.75. The van der Waals surface area contributed by atoms with Crippen molar-refractivity contribution < 1.29 is 9.47 Å². The van der Waals surface area contributed by atoms with Crippen LogP contribution in [0.3, 0.4) is 0 Å². The summed E-state index contributed by atoms with van der Waals surface area (Å²) in [6.07, 6.45) is 0.0962. The van der Waals surface area contributed by atoms with E-state index in [4.69, 9.17) is 15.2 Å². The zero-order valence-electron chi connectivity index (χ0n) is 11.0. The Morgan fingerprint density at radius 2 is 1.82 bits per heavy atom. The minimum absolute atomic E-state index is 0.0962. The maximum absolute atomic E-state index is 5.73. The highest BCUT2D eigenvalue weighted by molar-refractivity contribution is 5.35. The minimum Gasteiger partial charge on any atom is -0.491 e. The highest BCUT2D eigenvalue weighted by atomic mass is 16.5. The van der Waals surface area contributed by atoms with E-state index in [1.807, 2.05) is 25.1 Å². The molecule has 17 heavy (non-hydrogen) atoms. The second-order valence-electron chi connectivity index (χ2n) is 4.46. The molecule has 0 radical (unpaired) electrons. The molecule has 96 valence electrons. The average Bonchev–Trinajstić information content (AvgIpc) is 2.34. The van der Waals surface area contributed by atoms with Crippen LogP contribution in [0.2, 0.25) is 0 Å². The van der Waals surface area contributed by atoms with Gasteiger partial charge in [0.25, 0.3) is 0 Å².